The van der Waals surface area contributed by atoms with Crippen molar-refractivity contribution in [3.63, 3.8) is 0 Å². The van der Waals surface area contributed by atoms with E-state index in [1.54, 1.807) is 4.90 Å². The highest BCUT2D eigenvalue weighted by Crippen LogP contribution is 2.29. The van der Waals surface area contributed by atoms with Crippen molar-refractivity contribution in [1.82, 2.24) is 9.21 Å². The number of rotatable bonds is 3. The maximum Gasteiger partial charge on any atom is 0.406 e. The van der Waals surface area contributed by atoms with Crippen LogP contribution >= 0.6 is 0 Å². The van der Waals surface area contributed by atoms with Crippen LogP contribution in [0.15, 0.2) is 0 Å². The van der Waals surface area contributed by atoms with Gasteiger partial charge in [-0.05, 0) is 13.0 Å². The molecule has 8 heteroatoms. The van der Waals surface area contributed by atoms with E-state index in [1.807, 2.05) is 6.92 Å². The molecule has 1 saturated heterocycles. The molecule has 1 atom stereocenters. The molecule has 0 aromatic rings. The lowest BCUT2D eigenvalue weighted by Crippen LogP contribution is -2.60. The van der Waals surface area contributed by atoms with Crippen molar-refractivity contribution in [1.29, 1.82) is 0 Å². The van der Waals surface area contributed by atoms with Gasteiger partial charge in [0.15, 0.2) is 0 Å². The first-order chi connectivity index (χ1) is 7.66. The fourth-order valence-electron chi connectivity index (χ4n) is 2.01. The van der Waals surface area contributed by atoms with Gasteiger partial charge in [-0.15, -0.1) is 0 Å². The molecular weight excluding hydrogens is 257 g/mol. The summed E-state index contributed by atoms with van der Waals surface area (Å²) >= 11 is 0. The molecule has 1 fully saturated rings. The van der Waals surface area contributed by atoms with E-state index in [4.69, 9.17) is 0 Å². The van der Waals surface area contributed by atoms with Crippen LogP contribution in [0.2, 0.25) is 0 Å². The van der Waals surface area contributed by atoms with E-state index in [2.05, 4.69) is 0 Å². The minimum Gasteiger partial charge on any atom is -0.300 e. The van der Waals surface area contributed by atoms with E-state index < -0.39 is 22.2 Å². The monoisotopic (exact) mass is 274 g/mol. The fourth-order valence-corrected chi connectivity index (χ4v) is 3.07. The predicted octanol–water partition coefficient (Wildman–Crippen LogP) is 0.905. The van der Waals surface area contributed by atoms with Crippen LogP contribution in [0.4, 0.5) is 13.2 Å². The van der Waals surface area contributed by atoms with Gasteiger partial charge in [0.05, 0.1) is 6.26 Å². The average Bonchev–Trinajstić information content (AvgIpc) is 2.15. The third kappa shape index (κ3) is 3.82. The molecule has 1 aliphatic heterocycles. The van der Waals surface area contributed by atoms with Gasteiger partial charge < -0.3 is 4.90 Å². The van der Waals surface area contributed by atoms with Crippen molar-refractivity contribution in [3.05, 3.63) is 0 Å². The summed E-state index contributed by atoms with van der Waals surface area (Å²) in [5.74, 6) is 0. The quantitative estimate of drug-likeness (QED) is 0.768. The zero-order valence-electron chi connectivity index (χ0n) is 9.87. The number of sulfonamides is 1. The van der Waals surface area contributed by atoms with Crippen molar-refractivity contribution >= 4 is 10.0 Å². The van der Waals surface area contributed by atoms with Crippen molar-refractivity contribution in [2.45, 2.75) is 25.6 Å². The number of hydrogen-bond donors (Lipinski definition) is 0. The summed E-state index contributed by atoms with van der Waals surface area (Å²) in [5, 5.41) is 0. The molecule has 0 amide bonds. The highest BCUT2D eigenvalue weighted by Gasteiger charge is 2.49. The van der Waals surface area contributed by atoms with Crippen LogP contribution in [-0.2, 0) is 10.0 Å². The average molecular weight is 274 g/mol. The van der Waals surface area contributed by atoms with E-state index in [1.165, 1.54) is 0 Å². The summed E-state index contributed by atoms with van der Waals surface area (Å²) in [6.45, 7) is 2.43. The van der Waals surface area contributed by atoms with Crippen molar-refractivity contribution in [2.75, 3.05) is 32.4 Å². The minimum atomic E-state index is -4.52. The maximum absolute atomic E-state index is 12.8. The molecular formula is C9H17F3N2O2S. The Balaban J connectivity index is 2.88. The number of nitrogens with zero attached hydrogens (tertiary/aromatic N) is 2. The lowest BCUT2D eigenvalue weighted by molar-refractivity contribution is -0.182. The molecule has 0 N–H and O–H groups in total. The van der Waals surface area contributed by atoms with Gasteiger partial charge in [0.1, 0.15) is 6.04 Å². The zero-order valence-corrected chi connectivity index (χ0v) is 10.7. The number of hydrogen-bond acceptors (Lipinski definition) is 3. The van der Waals surface area contributed by atoms with Gasteiger partial charge in [0.2, 0.25) is 10.0 Å². The number of piperazine rings is 1. The van der Waals surface area contributed by atoms with Crippen LogP contribution < -0.4 is 0 Å². The Bertz CT molecular complexity index is 356. The first-order valence-corrected chi connectivity index (χ1v) is 7.27. The van der Waals surface area contributed by atoms with Gasteiger partial charge in [-0.25, -0.2) is 8.42 Å². The molecule has 0 radical (unpaired) electrons. The minimum absolute atomic E-state index is 0.0942. The summed E-state index contributed by atoms with van der Waals surface area (Å²) in [4.78, 5) is 1.65. The largest absolute Gasteiger partial charge is 0.406 e. The predicted molar refractivity (Wildman–Crippen MR) is 58.1 cm³/mol. The Morgan fingerprint density at radius 2 is 1.88 bits per heavy atom. The second-order valence-corrected chi connectivity index (χ2v) is 6.17. The summed E-state index contributed by atoms with van der Waals surface area (Å²) in [5.41, 5.74) is 0. The van der Waals surface area contributed by atoms with Crippen molar-refractivity contribution in [2.24, 2.45) is 0 Å². The molecule has 1 heterocycles. The highest BCUT2D eigenvalue weighted by molar-refractivity contribution is 7.88. The first-order valence-electron chi connectivity index (χ1n) is 5.42. The van der Waals surface area contributed by atoms with Gasteiger partial charge in [-0.1, -0.05) is 6.92 Å². The van der Waals surface area contributed by atoms with Crippen LogP contribution in [0.5, 0.6) is 0 Å². The van der Waals surface area contributed by atoms with E-state index in [-0.39, 0.29) is 13.1 Å². The molecule has 1 aliphatic rings. The standard InChI is InChI=1S/C9H17F3N2O2S/c1-3-4-13-5-6-14(17(2,15)16)8(7-13)9(10,11)12/h8H,3-7H2,1-2H3. The molecule has 4 nitrogen and oxygen atoms in total. The maximum atomic E-state index is 12.8. The first kappa shape index (κ1) is 14.7. The SMILES string of the molecule is CCCN1CCN(S(C)(=O)=O)C(C(F)(F)F)C1. The Morgan fingerprint density at radius 3 is 2.29 bits per heavy atom. The zero-order chi connectivity index (χ0) is 13.3. The van der Waals surface area contributed by atoms with Gasteiger partial charge in [-0.2, -0.15) is 17.5 Å². The Morgan fingerprint density at radius 1 is 1.29 bits per heavy atom. The fraction of sp³-hybridized carbons (Fsp3) is 1.00. The van der Waals surface area contributed by atoms with E-state index in [0.717, 1.165) is 12.7 Å². The molecule has 1 unspecified atom stereocenters. The highest BCUT2D eigenvalue weighted by atomic mass is 32.2. The van der Waals surface area contributed by atoms with Crippen molar-refractivity contribution in [3.8, 4) is 0 Å². The molecule has 0 saturated carbocycles. The van der Waals surface area contributed by atoms with Gasteiger partial charge in [0.25, 0.3) is 0 Å². The Kier molecular flexibility index (Phi) is 4.43. The lowest BCUT2D eigenvalue weighted by atomic mass is 10.2. The number of alkyl halides is 3. The molecule has 0 spiro atoms. The third-order valence-electron chi connectivity index (χ3n) is 2.76. The van der Waals surface area contributed by atoms with E-state index in [9.17, 15) is 21.6 Å². The van der Waals surface area contributed by atoms with E-state index in [0.29, 0.717) is 17.4 Å². The summed E-state index contributed by atoms with van der Waals surface area (Å²) in [7, 11) is -3.81. The van der Waals surface area contributed by atoms with Crippen LogP contribution in [0.25, 0.3) is 0 Å². The third-order valence-corrected chi connectivity index (χ3v) is 4.05. The lowest BCUT2D eigenvalue weighted by Gasteiger charge is -2.40. The molecule has 1 rings (SSSR count). The smallest absolute Gasteiger partial charge is 0.300 e. The summed E-state index contributed by atoms with van der Waals surface area (Å²) in [6.07, 6.45) is -2.94. The summed E-state index contributed by atoms with van der Waals surface area (Å²) < 4.78 is 61.6. The topological polar surface area (TPSA) is 40.6 Å². The van der Waals surface area contributed by atoms with Crippen molar-refractivity contribution < 1.29 is 21.6 Å². The van der Waals surface area contributed by atoms with Crippen LogP contribution in [0, 0.1) is 0 Å². The van der Waals surface area contributed by atoms with E-state index >= 15 is 0 Å². The van der Waals surface area contributed by atoms with Crippen LogP contribution in [0.3, 0.4) is 0 Å². The Hall–Kier alpha value is -0.340. The van der Waals surface area contributed by atoms with Gasteiger partial charge in [0, 0.05) is 19.6 Å². The normalized spacial score (nSPS) is 25.1. The second kappa shape index (κ2) is 5.11. The van der Waals surface area contributed by atoms with Crippen LogP contribution in [0.1, 0.15) is 13.3 Å². The molecule has 0 aliphatic carbocycles. The molecule has 17 heavy (non-hydrogen) atoms. The van der Waals surface area contributed by atoms with Crippen LogP contribution in [-0.4, -0.2) is 62.3 Å². The van der Waals surface area contributed by atoms with Gasteiger partial charge >= 0.3 is 6.18 Å². The molecule has 0 aromatic carbocycles. The molecule has 0 bridgehead atoms. The molecule has 0 aromatic heterocycles. The number of halogens is 3. The van der Waals surface area contributed by atoms with Gasteiger partial charge in [-0.3, -0.25) is 0 Å². The summed E-state index contributed by atoms with van der Waals surface area (Å²) in [6, 6.07) is -1.92. The Labute approximate surface area is 99.4 Å². The molecule has 102 valence electrons. The second-order valence-electron chi connectivity index (χ2n) is 4.23.